The summed E-state index contributed by atoms with van der Waals surface area (Å²) in [6.07, 6.45) is 5.20. The van der Waals surface area contributed by atoms with Crippen LogP contribution in [0.2, 0.25) is 0 Å². The minimum absolute atomic E-state index is 0.112. The Morgan fingerprint density at radius 1 is 0.426 bits per heavy atom. The average Bonchev–Trinajstić information content (AvgIpc) is 3.23. The van der Waals surface area contributed by atoms with Gasteiger partial charge in [0.2, 0.25) is 0 Å². The molecule has 4 aromatic heterocycles. The Morgan fingerprint density at radius 2 is 1.02 bits per heavy atom. The van der Waals surface area contributed by atoms with Crippen LogP contribution in [0.3, 0.4) is 0 Å². The van der Waals surface area contributed by atoms with Gasteiger partial charge in [-0.25, -0.2) is 9.97 Å². The summed E-state index contributed by atoms with van der Waals surface area (Å²) in [5.41, 5.74) is 7.67. The van der Waals surface area contributed by atoms with E-state index in [1.54, 1.807) is 18.6 Å². The molecule has 0 fully saturated rings. The quantitative estimate of drug-likeness (QED) is 0.117. The highest BCUT2D eigenvalue weighted by Gasteiger charge is 2.23. The van der Waals surface area contributed by atoms with Crippen LogP contribution in [-0.4, -0.2) is 30.1 Å². The largest absolute Gasteiger partial charge is 0.505 e. The van der Waals surface area contributed by atoms with Gasteiger partial charge in [-0.3, -0.25) is 9.97 Å². The Morgan fingerprint density at radius 3 is 1.76 bits per heavy atom. The zero-order valence-corrected chi connectivity index (χ0v) is 29.0. The molecule has 9 rings (SSSR count). The van der Waals surface area contributed by atoms with Crippen molar-refractivity contribution in [2.45, 2.75) is 12.1 Å². The summed E-state index contributed by atoms with van der Waals surface area (Å²) < 4.78 is 0. The first-order valence-corrected chi connectivity index (χ1v) is 17.7. The third-order valence-corrected chi connectivity index (χ3v) is 9.83. The molecule has 0 spiro atoms. The van der Waals surface area contributed by atoms with Crippen molar-refractivity contribution in [3.63, 3.8) is 0 Å². The second-order valence-corrected chi connectivity index (χ2v) is 13.1. The van der Waals surface area contributed by atoms with Crippen molar-refractivity contribution in [2.24, 2.45) is 0 Å². The molecule has 0 saturated heterocycles. The highest BCUT2D eigenvalue weighted by molar-refractivity contribution is 5.92. The lowest BCUT2D eigenvalue weighted by molar-refractivity contribution is 0.471. The van der Waals surface area contributed by atoms with Crippen LogP contribution >= 0.6 is 0 Å². The number of hydrogen-bond donors (Lipinski definition) is 4. The minimum Gasteiger partial charge on any atom is -0.505 e. The fourth-order valence-corrected chi connectivity index (χ4v) is 7.11. The monoisotopic (exact) mass is 702 g/mol. The van der Waals surface area contributed by atoms with Gasteiger partial charge in [0.15, 0.2) is 0 Å². The van der Waals surface area contributed by atoms with E-state index in [1.807, 2.05) is 140 Å². The molecule has 0 radical (unpaired) electrons. The van der Waals surface area contributed by atoms with E-state index in [9.17, 15) is 10.2 Å². The first kappa shape index (κ1) is 32.6. The van der Waals surface area contributed by atoms with Crippen LogP contribution in [0, 0.1) is 0 Å². The number of phenolic OH excluding ortho intramolecular Hbond substituents is 2. The van der Waals surface area contributed by atoms with Gasteiger partial charge in [-0.2, -0.15) is 0 Å². The van der Waals surface area contributed by atoms with E-state index < -0.39 is 6.04 Å². The van der Waals surface area contributed by atoms with Crippen molar-refractivity contribution in [3.05, 3.63) is 193 Å². The predicted octanol–water partition coefficient (Wildman–Crippen LogP) is 10.2. The molecule has 8 heteroatoms. The molecule has 9 aromatic rings. The summed E-state index contributed by atoms with van der Waals surface area (Å²) in [6.45, 7) is 0. The van der Waals surface area contributed by atoms with Crippen LogP contribution in [0.1, 0.15) is 34.3 Å². The standard InChI is InChI=1S/C46H34N6O2/c53-45-36(23-20-32-13-8-28-49-43(32)45)41(52-39-15-4-5-26-47-39)33-18-16-29(17-19-33)37-25-22-34-21-24-35(46(54)44(34)50-37)40(30-9-2-1-3-10-30)51-38-14-6-11-31-12-7-27-48-42(31)38/h1-28,40-41,51,53-54H,(H,47,52). The van der Waals surface area contributed by atoms with Crippen molar-refractivity contribution in [2.75, 3.05) is 10.6 Å². The summed E-state index contributed by atoms with van der Waals surface area (Å²) in [7, 11) is 0. The van der Waals surface area contributed by atoms with Gasteiger partial charge in [0.05, 0.1) is 29.0 Å². The number of nitrogens with zero attached hydrogens (tertiary/aromatic N) is 4. The first-order valence-electron chi connectivity index (χ1n) is 17.7. The second kappa shape index (κ2) is 14.0. The van der Waals surface area contributed by atoms with Gasteiger partial charge in [-0.05, 0) is 47.5 Å². The van der Waals surface area contributed by atoms with Gasteiger partial charge in [-0.15, -0.1) is 0 Å². The summed E-state index contributed by atoms with van der Waals surface area (Å²) in [5.74, 6) is 0.906. The number of anilines is 2. The molecular formula is C46H34N6O2. The number of aromatic nitrogens is 4. The number of para-hydroxylation sites is 1. The molecule has 0 aliphatic carbocycles. The van der Waals surface area contributed by atoms with E-state index >= 15 is 0 Å². The number of rotatable bonds is 9. The van der Waals surface area contributed by atoms with Gasteiger partial charge in [0, 0.05) is 51.4 Å². The third kappa shape index (κ3) is 6.16. The van der Waals surface area contributed by atoms with Crippen molar-refractivity contribution >= 4 is 44.2 Å². The summed E-state index contributed by atoms with van der Waals surface area (Å²) in [6, 6.07) is 48.7. The van der Waals surface area contributed by atoms with Crippen LogP contribution in [0.25, 0.3) is 44.0 Å². The van der Waals surface area contributed by atoms with Crippen LogP contribution in [0.4, 0.5) is 11.5 Å². The lowest BCUT2D eigenvalue weighted by Crippen LogP contribution is -2.13. The Labute approximate surface area is 311 Å². The fourth-order valence-electron chi connectivity index (χ4n) is 7.11. The molecule has 4 heterocycles. The Kier molecular flexibility index (Phi) is 8.45. The van der Waals surface area contributed by atoms with E-state index in [2.05, 4.69) is 37.7 Å². The van der Waals surface area contributed by atoms with E-state index in [-0.39, 0.29) is 17.5 Å². The smallest absolute Gasteiger partial charge is 0.147 e. The molecule has 5 aromatic carbocycles. The van der Waals surface area contributed by atoms with E-state index in [0.717, 1.165) is 49.7 Å². The number of pyridine rings is 4. The van der Waals surface area contributed by atoms with Crippen LogP contribution in [0.5, 0.6) is 11.5 Å². The Bertz CT molecular complexity index is 2750. The van der Waals surface area contributed by atoms with E-state index in [1.165, 1.54) is 0 Å². The van der Waals surface area contributed by atoms with Crippen LogP contribution < -0.4 is 10.6 Å². The molecule has 54 heavy (non-hydrogen) atoms. The van der Waals surface area contributed by atoms with Gasteiger partial charge in [0.25, 0.3) is 0 Å². The topological polar surface area (TPSA) is 116 Å². The number of benzene rings is 5. The maximum absolute atomic E-state index is 12.0. The summed E-state index contributed by atoms with van der Waals surface area (Å²) in [4.78, 5) is 18.6. The normalized spacial score (nSPS) is 12.4. The molecule has 4 N–H and O–H groups in total. The number of phenols is 2. The molecule has 8 nitrogen and oxygen atoms in total. The van der Waals surface area contributed by atoms with E-state index in [0.29, 0.717) is 28.0 Å². The zero-order valence-electron chi connectivity index (χ0n) is 29.0. The van der Waals surface area contributed by atoms with Gasteiger partial charge < -0.3 is 20.8 Å². The fraction of sp³-hybridized carbons (Fsp3) is 0.0435. The van der Waals surface area contributed by atoms with Crippen LogP contribution in [0.15, 0.2) is 170 Å². The van der Waals surface area contributed by atoms with Crippen molar-refractivity contribution in [1.29, 1.82) is 0 Å². The van der Waals surface area contributed by atoms with Crippen molar-refractivity contribution in [3.8, 4) is 22.8 Å². The molecule has 260 valence electrons. The Balaban J connectivity index is 1.09. The average molecular weight is 703 g/mol. The molecule has 0 aliphatic heterocycles. The second-order valence-electron chi connectivity index (χ2n) is 13.1. The molecular weight excluding hydrogens is 669 g/mol. The molecule has 0 saturated carbocycles. The Hall–Kier alpha value is -7.32. The maximum Gasteiger partial charge on any atom is 0.147 e. The first-order chi connectivity index (χ1) is 26.6. The SMILES string of the molecule is Oc1c(C(Nc2ccccn2)c2ccc(-c3ccc4ccc(C(Nc5cccc6cccnc56)c5ccccc5)c(O)c4n3)cc2)ccc2cccnc12. The lowest BCUT2D eigenvalue weighted by atomic mass is 9.94. The molecule has 0 amide bonds. The number of hydrogen-bond acceptors (Lipinski definition) is 8. The van der Waals surface area contributed by atoms with E-state index in [4.69, 9.17) is 4.98 Å². The lowest BCUT2D eigenvalue weighted by Gasteiger charge is -2.23. The molecule has 2 atom stereocenters. The van der Waals surface area contributed by atoms with Gasteiger partial charge in [0.1, 0.15) is 28.4 Å². The number of fused-ring (bicyclic) bond motifs is 3. The summed E-state index contributed by atoms with van der Waals surface area (Å²) >= 11 is 0. The highest BCUT2D eigenvalue weighted by atomic mass is 16.3. The summed E-state index contributed by atoms with van der Waals surface area (Å²) in [5, 5.41) is 33.3. The highest BCUT2D eigenvalue weighted by Crippen LogP contribution is 2.40. The molecule has 2 unspecified atom stereocenters. The van der Waals surface area contributed by atoms with Gasteiger partial charge in [-0.1, -0.05) is 115 Å². The van der Waals surface area contributed by atoms with Crippen molar-refractivity contribution < 1.29 is 10.2 Å². The molecule has 0 bridgehead atoms. The van der Waals surface area contributed by atoms with Crippen molar-refractivity contribution in [1.82, 2.24) is 19.9 Å². The minimum atomic E-state index is -0.420. The van der Waals surface area contributed by atoms with Gasteiger partial charge >= 0.3 is 0 Å². The third-order valence-electron chi connectivity index (χ3n) is 9.83. The number of nitrogens with one attached hydrogen (secondary N) is 2. The molecule has 0 aliphatic rings. The predicted molar refractivity (Wildman–Crippen MR) is 216 cm³/mol. The number of aromatic hydroxyl groups is 2. The maximum atomic E-state index is 12.0. The zero-order chi connectivity index (χ0) is 36.4. The van der Waals surface area contributed by atoms with Crippen LogP contribution in [-0.2, 0) is 0 Å².